The Morgan fingerprint density at radius 3 is 2.61 bits per heavy atom. The van der Waals surface area contributed by atoms with Gasteiger partial charge in [0.15, 0.2) is 6.23 Å². The summed E-state index contributed by atoms with van der Waals surface area (Å²) in [6, 6.07) is 9.57. The number of hydrogen-bond donors (Lipinski definition) is 0. The van der Waals surface area contributed by atoms with Gasteiger partial charge in [-0.2, -0.15) is 5.26 Å². The van der Waals surface area contributed by atoms with E-state index in [9.17, 15) is 4.79 Å². The van der Waals surface area contributed by atoms with Crippen molar-refractivity contribution < 1.29 is 9.53 Å². The average molecular weight is 246 g/mol. The van der Waals surface area contributed by atoms with Crippen LogP contribution in [0.25, 0.3) is 0 Å². The zero-order chi connectivity index (χ0) is 13.7. The fourth-order valence-corrected chi connectivity index (χ4v) is 1.90. The van der Waals surface area contributed by atoms with Gasteiger partial charge >= 0.3 is 5.97 Å². The Morgan fingerprint density at radius 2 is 2.11 bits per heavy atom. The molecular weight excluding hydrogens is 228 g/mol. The molecule has 0 aromatic heterocycles. The van der Waals surface area contributed by atoms with Gasteiger partial charge in [0.2, 0.25) is 0 Å². The molecular formula is C14H18N2O2. The van der Waals surface area contributed by atoms with E-state index in [0.717, 1.165) is 11.3 Å². The normalized spacial score (nSPS) is 13.3. The zero-order valence-electron chi connectivity index (χ0n) is 11.2. The first-order chi connectivity index (χ1) is 8.45. The van der Waals surface area contributed by atoms with E-state index in [-0.39, 0.29) is 12.0 Å². The predicted octanol–water partition coefficient (Wildman–Crippen LogP) is 2.62. The van der Waals surface area contributed by atoms with E-state index in [1.165, 1.54) is 6.92 Å². The van der Waals surface area contributed by atoms with E-state index >= 15 is 0 Å². The number of nitriles is 1. The monoisotopic (exact) mass is 246 g/mol. The molecule has 0 aliphatic carbocycles. The van der Waals surface area contributed by atoms with Crippen molar-refractivity contribution in [2.45, 2.75) is 40.0 Å². The second kappa shape index (κ2) is 6.06. The van der Waals surface area contributed by atoms with Gasteiger partial charge in [0.1, 0.15) is 6.04 Å². The Balaban J connectivity index is 3.06. The highest BCUT2D eigenvalue weighted by Gasteiger charge is 2.22. The highest BCUT2D eigenvalue weighted by molar-refractivity contribution is 5.66. The molecule has 0 aliphatic heterocycles. The van der Waals surface area contributed by atoms with Gasteiger partial charge < -0.3 is 9.64 Å². The lowest BCUT2D eigenvalue weighted by Crippen LogP contribution is -2.42. The fraction of sp³-hybridized carbons (Fsp3) is 0.429. The van der Waals surface area contributed by atoms with Crippen LogP contribution in [-0.4, -0.2) is 18.2 Å². The second-order valence-electron chi connectivity index (χ2n) is 4.26. The maximum atomic E-state index is 11.0. The van der Waals surface area contributed by atoms with Gasteiger partial charge in [-0.25, -0.2) is 0 Å². The van der Waals surface area contributed by atoms with Crippen LogP contribution >= 0.6 is 0 Å². The molecule has 2 atom stereocenters. The van der Waals surface area contributed by atoms with Gasteiger partial charge in [0.25, 0.3) is 0 Å². The van der Waals surface area contributed by atoms with Crippen LogP contribution in [0.15, 0.2) is 24.3 Å². The standard InChI is InChI=1S/C14H18N2O2/c1-10-6-5-7-14(8-10)16(11(2)9-15)12(3)18-13(4)17/h5-8,11-12H,1-4H3. The lowest BCUT2D eigenvalue weighted by Gasteiger charge is -2.32. The van der Waals surface area contributed by atoms with Gasteiger partial charge in [-0.3, -0.25) is 4.79 Å². The minimum absolute atomic E-state index is 0.356. The van der Waals surface area contributed by atoms with E-state index in [4.69, 9.17) is 10.00 Å². The van der Waals surface area contributed by atoms with E-state index in [0.29, 0.717) is 0 Å². The minimum Gasteiger partial charge on any atom is -0.442 e. The third-order valence-electron chi connectivity index (χ3n) is 2.63. The number of rotatable bonds is 4. The Hall–Kier alpha value is -2.02. The molecule has 2 unspecified atom stereocenters. The predicted molar refractivity (Wildman–Crippen MR) is 70.0 cm³/mol. The SMILES string of the molecule is CC(=O)OC(C)N(c1cccc(C)c1)C(C)C#N. The first kappa shape index (κ1) is 14.0. The molecule has 0 saturated carbocycles. The Kier molecular flexibility index (Phi) is 4.73. The molecule has 0 aliphatic rings. The van der Waals surface area contributed by atoms with Crippen LogP contribution in [0, 0.1) is 18.3 Å². The van der Waals surface area contributed by atoms with Crippen LogP contribution in [0.1, 0.15) is 26.3 Å². The second-order valence-corrected chi connectivity index (χ2v) is 4.26. The summed E-state index contributed by atoms with van der Waals surface area (Å²) in [7, 11) is 0. The number of carbonyl (C=O) groups is 1. The summed E-state index contributed by atoms with van der Waals surface area (Å²) in [5.74, 6) is -0.356. The summed E-state index contributed by atoms with van der Waals surface area (Å²) in [5, 5.41) is 9.09. The van der Waals surface area contributed by atoms with E-state index in [1.807, 2.05) is 31.2 Å². The highest BCUT2D eigenvalue weighted by atomic mass is 16.6. The van der Waals surface area contributed by atoms with Crippen LogP contribution in [0.3, 0.4) is 0 Å². The number of ether oxygens (including phenoxy) is 1. The van der Waals surface area contributed by atoms with Crippen LogP contribution < -0.4 is 4.90 Å². The average Bonchev–Trinajstić information content (AvgIpc) is 2.28. The molecule has 1 aromatic carbocycles. The number of carbonyl (C=O) groups excluding carboxylic acids is 1. The summed E-state index contributed by atoms with van der Waals surface area (Å²) in [6.07, 6.45) is -0.473. The van der Waals surface area contributed by atoms with E-state index < -0.39 is 6.23 Å². The molecule has 96 valence electrons. The van der Waals surface area contributed by atoms with Gasteiger partial charge in [0.05, 0.1) is 6.07 Å². The molecule has 1 aromatic rings. The highest BCUT2D eigenvalue weighted by Crippen LogP contribution is 2.21. The lowest BCUT2D eigenvalue weighted by atomic mass is 10.1. The molecule has 0 saturated heterocycles. The molecule has 0 amide bonds. The van der Waals surface area contributed by atoms with Crippen molar-refractivity contribution in [3.63, 3.8) is 0 Å². The molecule has 4 heteroatoms. The fourth-order valence-electron chi connectivity index (χ4n) is 1.90. The summed E-state index contributed by atoms with van der Waals surface area (Å²) in [6.45, 7) is 6.89. The molecule has 0 radical (unpaired) electrons. The molecule has 0 fully saturated rings. The molecule has 4 nitrogen and oxygen atoms in total. The van der Waals surface area contributed by atoms with Crippen molar-refractivity contribution in [3.05, 3.63) is 29.8 Å². The Labute approximate surface area is 108 Å². The quantitative estimate of drug-likeness (QED) is 0.605. The van der Waals surface area contributed by atoms with E-state index in [2.05, 4.69) is 6.07 Å². The topological polar surface area (TPSA) is 53.3 Å². The smallest absolute Gasteiger partial charge is 0.304 e. The third-order valence-corrected chi connectivity index (χ3v) is 2.63. The zero-order valence-corrected chi connectivity index (χ0v) is 11.2. The summed E-state index contributed by atoms with van der Waals surface area (Å²) >= 11 is 0. The first-order valence-electron chi connectivity index (χ1n) is 5.87. The van der Waals surface area contributed by atoms with Gasteiger partial charge in [0, 0.05) is 12.6 Å². The number of benzene rings is 1. The Morgan fingerprint density at radius 1 is 1.44 bits per heavy atom. The van der Waals surface area contributed by atoms with Gasteiger partial charge in [-0.05, 0) is 38.5 Å². The van der Waals surface area contributed by atoms with Crippen LogP contribution in [0.2, 0.25) is 0 Å². The Bertz CT molecular complexity index is 465. The molecule has 1 rings (SSSR count). The summed E-state index contributed by atoms with van der Waals surface area (Å²) in [5.41, 5.74) is 1.97. The number of nitrogens with zero attached hydrogens (tertiary/aromatic N) is 2. The van der Waals surface area contributed by atoms with Gasteiger partial charge in [-0.1, -0.05) is 12.1 Å². The number of anilines is 1. The number of esters is 1. The van der Waals surface area contributed by atoms with Crippen LogP contribution in [-0.2, 0) is 9.53 Å². The van der Waals surface area contributed by atoms with Crippen molar-refractivity contribution in [2.75, 3.05) is 4.90 Å². The maximum Gasteiger partial charge on any atom is 0.304 e. The van der Waals surface area contributed by atoms with Crippen LogP contribution in [0.5, 0.6) is 0 Å². The first-order valence-corrected chi connectivity index (χ1v) is 5.87. The molecule has 18 heavy (non-hydrogen) atoms. The van der Waals surface area contributed by atoms with Crippen molar-refractivity contribution in [1.29, 1.82) is 5.26 Å². The molecule has 0 heterocycles. The van der Waals surface area contributed by atoms with Crippen LogP contribution in [0.4, 0.5) is 5.69 Å². The number of aryl methyl sites for hydroxylation is 1. The molecule has 0 N–H and O–H groups in total. The van der Waals surface area contributed by atoms with Crippen molar-refractivity contribution >= 4 is 11.7 Å². The third kappa shape index (κ3) is 3.49. The molecule has 0 spiro atoms. The van der Waals surface area contributed by atoms with Crippen molar-refractivity contribution in [1.82, 2.24) is 0 Å². The summed E-state index contributed by atoms with van der Waals surface area (Å²) in [4.78, 5) is 12.8. The number of hydrogen-bond acceptors (Lipinski definition) is 4. The maximum absolute atomic E-state index is 11.0. The minimum atomic E-state index is -0.473. The molecule has 0 bridgehead atoms. The summed E-state index contributed by atoms with van der Waals surface area (Å²) < 4.78 is 5.17. The largest absolute Gasteiger partial charge is 0.442 e. The lowest BCUT2D eigenvalue weighted by molar-refractivity contribution is -0.145. The van der Waals surface area contributed by atoms with E-state index in [1.54, 1.807) is 18.7 Å². The van der Waals surface area contributed by atoms with Crippen molar-refractivity contribution in [2.24, 2.45) is 0 Å². The van der Waals surface area contributed by atoms with Crippen molar-refractivity contribution in [3.8, 4) is 6.07 Å². The van der Waals surface area contributed by atoms with Gasteiger partial charge in [-0.15, -0.1) is 0 Å².